The van der Waals surface area contributed by atoms with Gasteiger partial charge in [0.2, 0.25) is 5.95 Å². The Labute approximate surface area is 163 Å². The van der Waals surface area contributed by atoms with Crippen molar-refractivity contribution in [2.75, 3.05) is 5.32 Å². The third-order valence-corrected chi connectivity index (χ3v) is 4.68. The highest BCUT2D eigenvalue weighted by molar-refractivity contribution is 7.14. The van der Waals surface area contributed by atoms with Gasteiger partial charge in [-0.3, -0.25) is 10.1 Å². The minimum Gasteiger partial charge on any atom is -0.345 e. The van der Waals surface area contributed by atoms with Crippen LogP contribution in [0.2, 0.25) is 0 Å². The quantitative estimate of drug-likeness (QED) is 0.489. The van der Waals surface area contributed by atoms with Crippen molar-refractivity contribution in [2.45, 2.75) is 6.54 Å². The average Bonchev–Trinajstić information content (AvgIpc) is 3.42. The van der Waals surface area contributed by atoms with Crippen molar-refractivity contribution in [3.05, 3.63) is 83.2 Å². The molecule has 28 heavy (non-hydrogen) atoms. The molecule has 0 spiro atoms. The molecular formula is C19H15FN6OS. The maximum Gasteiger partial charge on any atom is 0.274 e. The molecular weight excluding hydrogens is 379 g/mol. The van der Waals surface area contributed by atoms with Gasteiger partial charge in [0.05, 0.1) is 23.9 Å². The number of hydrogen-bond acceptors (Lipinski definition) is 5. The number of nitrogens with one attached hydrogen (secondary N) is 2. The summed E-state index contributed by atoms with van der Waals surface area (Å²) < 4.78 is 15.0. The Balaban J connectivity index is 1.44. The second kappa shape index (κ2) is 7.97. The van der Waals surface area contributed by atoms with E-state index in [4.69, 9.17) is 0 Å². The van der Waals surface area contributed by atoms with Gasteiger partial charge in [0.25, 0.3) is 5.91 Å². The molecule has 0 radical (unpaired) electrons. The van der Waals surface area contributed by atoms with Crippen LogP contribution in [0.25, 0.3) is 12.2 Å². The molecule has 0 aliphatic heterocycles. The van der Waals surface area contributed by atoms with E-state index in [1.54, 1.807) is 41.5 Å². The number of rotatable bonds is 6. The van der Waals surface area contributed by atoms with Crippen LogP contribution < -0.4 is 5.32 Å². The first-order valence-electron chi connectivity index (χ1n) is 8.36. The average molecular weight is 394 g/mol. The fourth-order valence-corrected chi connectivity index (χ4v) is 3.28. The summed E-state index contributed by atoms with van der Waals surface area (Å²) in [5, 5.41) is 5.15. The van der Waals surface area contributed by atoms with Crippen molar-refractivity contribution >= 4 is 34.5 Å². The topological polar surface area (TPSA) is 88.5 Å². The summed E-state index contributed by atoms with van der Waals surface area (Å²) in [6.45, 7) is 0.366. The van der Waals surface area contributed by atoms with Crippen LogP contribution in [-0.4, -0.2) is 30.4 Å². The molecule has 0 saturated carbocycles. The van der Waals surface area contributed by atoms with Gasteiger partial charge in [-0.1, -0.05) is 0 Å². The molecule has 0 fully saturated rings. The summed E-state index contributed by atoms with van der Waals surface area (Å²) in [7, 11) is 0. The lowest BCUT2D eigenvalue weighted by atomic mass is 10.2. The summed E-state index contributed by atoms with van der Waals surface area (Å²) in [4.78, 5) is 27.5. The molecule has 9 heteroatoms. The van der Waals surface area contributed by atoms with E-state index >= 15 is 0 Å². The highest BCUT2D eigenvalue weighted by Gasteiger charge is 2.13. The van der Waals surface area contributed by atoms with E-state index in [9.17, 15) is 9.18 Å². The van der Waals surface area contributed by atoms with Crippen molar-refractivity contribution in [2.24, 2.45) is 0 Å². The Morgan fingerprint density at radius 2 is 2.29 bits per heavy atom. The Bertz CT molecular complexity index is 1120. The summed E-state index contributed by atoms with van der Waals surface area (Å²) in [5.74, 6) is -0.827. The Kier molecular flexibility index (Phi) is 5.07. The first-order valence-corrected chi connectivity index (χ1v) is 9.24. The van der Waals surface area contributed by atoms with Crippen LogP contribution in [0.3, 0.4) is 0 Å². The SMILES string of the molecule is O=C(Nc1nc(/C=C/c2cnc[nH]2)cs1)c1cccn1Cc1ccnc(F)c1. The molecule has 140 valence electrons. The lowest BCUT2D eigenvalue weighted by molar-refractivity contribution is 0.101. The molecule has 7 nitrogen and oxygen atoms in total. The number of anilines is 1. The maximum absolute atomic E-state index is 13.3. The van der Waals surface area contributed by atoms with E-state index in [0.29, 0.717) is 17.4 Å². The highest BCUT2D eigenvalue weighted by atomic mass is 32.1. The minimum atomic E-state index is -0.547. The molecule has 0 bridgehead atoms. The summed E-state index contributed by atoms with van der Waals surface area (Å²) >= 11 is 1.34. The van der Waals surface area contributed by atoms with Crippen molar-refractivity contribution < 1.29 is 9.18 Å². The highest BCUT2D eigenvalue weighted by Crippen LogP contribution is 2.19. The number of thiazole rings is 1. The van der Waals surface area contributed by atoms with E-state index in [-0.39, 0.29) is 5.91 Å². The van der Waals surface area contributed by atoms with Crippen molar-refractivity contribution in [3.8, 4) is 0 Å². The van der Waals surface area contributed by atoms with E-state index in [2.05, 4.69) is 25.3 Å². The number of nitrogens with zero attached hydrogens (tertiary/aromatic N) is 4. The zero-order chi connectivity index (χ0) is 19.3. The van der Waals surface area contributed by atoms with Crippen molar-refractivity contribution in [3.63, 3.8) is 0 Å². The van der Waals surface area contributed by atoms with Crippen LogP contribution in [0.1, 0.15) is 27.4 Å². The predicted molar refractivity (Wildman–Crippen MR) is 105 cm³/mol. The van der Waals surface area contributed by atoms with Crippen molar-refractivity contribution in [1.82, 2.24) is 24.5 Å². The number of aromatic amines is 1. The predicted octanol–water partition coefficient (Wildman–Crippen LogP) is 3.67. The number of carbonyl (C=O) groups excluding carboxylic acids is 1. The van der Waals surface area contributed by atoms with Gasteiger partial charge < -0.3 is 9.55 Å². The maximum atomic E-state index is 13.3. The van der Waals surface area contributed by atoms with E-state index in [1.807, 2.05) is 17.5 Å². The van der Waals surface area contributed by atoms with Gasteiger partial charge in [0, 0.05) is 24.3 Å². The Morgan fingerprint density at radius 3 is 3.11 bits per heavy atom. The van der Waals surface area contributed by atoms with Gasteiger partial charge >= 0.3 is 0 Å². The first-order chi connectivity index (χ1) is 13.7. The third kappa shape index (κ3) is 4.21. The van der Waals surface area contributed by atoms with Crippen molar-refractivity contribution in [1.29, 1.82) is 0 Å². The largest absolute Gasteiger partial charge is 0.345 e. The molecule has 0 unspecified atom stereocenters. The van der Waals surface area contributed by atoms with Crippen LogP contribution >= 0.6 is 11.3 Å². The molecule has 4 heterocycles. The van der Waals surface area contributed by atoms with E-state index < -0.39 is 5.95 Å². The number of hydrogen-bond donors (Lipinski definition) is 2. The molecule has 0 atom stereocenters. The zero-order valence-electron chi connectivity index (χ0n) is 14.5. The third-order valence-electron chi connectivity index (χ3n) is 3.90. The van der Waals surface area contributed by atoms with Gasteiger partial charge in [-0.05, 0) is 42.0 Å². The van der Waals surface area contributed by atoms with Gasteiger partial charge in [-0.25, -0.2) is 15.0 Å². The van der Waals surface area contributed by atoms with Gasteiger partial charge in [-0.15, -0.1) is 11.3 Å². The molecule has 0 aliphatic carbocycles. The number of halogens is 1. The van der Waals surface area contributed by atoms with Crippen LogP contribution in [0.15, 0.2) is 54.6 Å². The Hall–Kier alpha value is -3.59. The molecule has 4 aromatic heterocycles. The second-order valence-corrected chi connectivity index (χ2v) is 6.74. The van der Waals surface area contributed by atoms with E-state index in [0.717, 1.165) is 17.0 Å². The second-order valence-electron chi connectivity index (χ2n) is 5.88. The first kappa shape index (κ1) is 17.8. The molecule has 4 rings (SSSR count). The summed E-state index contributed by atoms with van der Waals surface area (Å²) in [6, 6.07) is 6.54. The molecule has 2 N–H and O–H groups in total. The zero-order valence-corrected chi connectivity index (χ0v) is 15.4. The van der Waals surface area contributed by atoms with Crippen LogP contribution in [0.4, 0.5) is 9.52 Å². The number of aromatic nitrogens is 5. The lowest BCUT2D eigenvalue weighted by Crippen LogP contribution is -2.17. The van der Waals surface area contributed by atoms with Crippen LogP contribution in [0, 0.1) is 5.95 Å². The van der Waals surface area contributed by atoms with Gasteiger partial charge in [-0.2, -0.15) is 4.39 Å². The normalized spacial score (nSPS) is 11.2. The summed E-state index contributed by atoms with van der Waals surface area (Å²) in [5.41, 5.74) is 2.78. The number of amides is 1. The minimum absolute atomic E-state index is 0.280. The van der Waals surface area contributed by atoms with Gasteiger partial charge in [0.15, 0.2) is 5.13 Å². The monoisotopic (exact) mass is 394 g/mol. The smallest absolute Gasteiger partial charge is 0.274 e. The molecule has 0 aromatic carbocycles. The van der Waals surface area contributed by atoms with Gasteiger partial charge in [0.1, 0.15) is 5.69 Å². The number of H-pyrrole nitrogens is 1. The fraction of sp³-hybridized carbons (Fsp3) is 0.0526. The van der Waals surface area contributed by atoms with Crippen LogP contribution in [-0.2, 0) is 6.54 Å². The Morgan fingerprint density at radius 1 is 1.36 bits per heavy atom. The fourth-order valence-electron chi connectivity index (χ4n) is 2.61. The number of carbonyl (C=O) groups is 1. The number of pyridine rings is 1. The summed E-state index contributed by atoms with van der Waals surface area (Å²) in [6.07, 6.45) is 10.2. The standard InChI is InChI=1S/C19H15FN6OS/c20-17-8-13(5-6-22-17)10-26-7-1-2-16(26)18(27)25-19-24-15(11-28-19)4-3-14-9-21-12-23-14/h1-9,11-12H,10H2,(H,21,23)(H,24,25,27)/b4-3+. The molecule has 1 amide bonds. The molecule has 4 aromatic rings. The molecule has 0 saturated heterocycles. The molecule has 0 aliphatic rings. The lowest BCUT2D eigenvalue weighted by Gasteiger charge is -2.09. The van der Waals surface area contributed by atoms with E-state index in [1.165, 1.54) is 23.6 Å². The number of imidazole rings is 1. The van der Waals surface area contributed by atoms with Crippen LogP contribution in [0.5, 0.6) is 0 Å².